The Morgan fingerprint density at radius 3 is 2.76 bits per heavy atom. The quantitative estimate of drug-likeness (QED) is 0.455. The third-order valence-electron chi connectivity index (χ3n) is 11.8. The van der Waals surface area contributed by atoms with Crippen LogP contribution in [0.1, 0.15) is 91.4 Å². The van der Waals surface area contributed by atoms with Crippen molar-refractivity contribution in [2.45, 2.75) is 103 Å². The third-order valence-corrected chi connectivity index (χ3v) is 11.8. The average molecular weight is 524 g/mol. The van der Waals surface area contributed by atoms with E-state index in [2.05, 4.69) is 25.2 Å². The summed E-state index contributed by atoms with van der Waals surface area (Å²) in [5.41, 5.74) is -0.215. The summed E-state index contributed by atoms with van der Waals surface area (Å²) in [5, 5.41) is 15.0. The monoisotopic (exact) mass is 523 g/mol. The van der Waals surface area contributed by atoms with Crippen LogP contribution in [0.5, 0.6) is 0 Å². The molecule has 38 heavy (non-hydrogen) atoms. The molecule has 2 heterocycles. The van der Waals surface area contributed by atoms with Crippen LogP contribution < -0.4 is 10.2 Å². The minimum absolute atomic E-state index is 0.192. The van der Waals surface area contributed by atoms with E-state index in [0.29, 0.717) is 42.9 Å². The molecule has 0 aromatic carbocycles. The normalized spacial score (nSPS) is 41.4. The fourth-order valence-corrected chi connectivity index (χ4v) is 10.1. The number of fused-ring (bicyclic) bond motifs is 5. The van der Waals surface area contributed by atoms with Crippen LogP contribution in [-0.4, -0.2) is 47.4 Å². The Bertz CT molecular complexity index is 1020. The number of ether oxygens (including phenoxy) is 1. The Kier molecular flexibility index (Phi) is 7.26. The van der Waals surface area contributed by atoms with Gasteiger partial charge in [0.1, 0.15) is 11.6 Å². The molecule has 6 heteroatoms. The Labute approximate surface area is 229 Å². The highest BCUT2D eigenvalue weighted by Gasteiger charge is 2.58. The van der Waals surface area contributed by atoms with E-state index < -0.39 is 5.60 Å². The first-order valence-electron chi connectivity index (χ1n) is 15.7. The van der Waals surface area contributed by atoms with Gasteiger partial charge in [-0.05, 0) is 131 Å². The second-order valence-corrected chi connectivity index (χ2v) is 13.7. The number of pyridine rings is 1. The summed E-state index contributed by atoms with van der Waals surface area (Å²) in [5.74, 6) is 6.53. The predicted molar refractivity (Wildman–Crippen MR) is 151 cm³/mol. The Morgan fingerprint density at radius 1 is 1.13 bits per heavy atom. The lowest BCUT2D eigenvalue weighted by atomic mass is 9.48. The molecule has 2 N–H and O–H groups in total. The van der Waals surface area contributed by atoms with Gasteiger partial charge < -0.3 is 15.2 Å². The van der Waals surface area contributed by atoms with Gasteiger partial charge in [-0.2, -0.15) is 0 Å². The smallest absolute Gasteiger partial charge is 0.228 e. The molecule has 6 rings (SSSR count). The molecular weight excluding hydrogens is 474 g/mol. The van der Waals surface area contributed by atoms with E-state index in [1.165, 1.54) is 44.9 Å². The molecule has 4 aliphatic carbocycles. The lowest BCUT2D eigenvalue weighted by molar-refractivity contribution is -0.128. The average Bonchev–Trinajstić information content (AvgIpc) is 3.50. The van der Waals surface area contributed by atoms with E-state index in [1.807, 2.05) is 24.0 Å². The Hall–Kier alpha value is -1.66. The zero-order chi connectivity index (χ0) is 26.5. The van der Waals surface area contributed by atoms with E-state index in [-0.39, 0.29) is 5.91 Å². The summed E-state index contributed by atoms with van der Waals surface area (Å²) in [4.78, 5) is 18.9. The Morgan fingerprint density at radius 2 is 1.97 bits per heavy atom. The molecule has 210 valence electrons. The van der Waals surface area contributed by atoms with Crippen LogP contribution in [0.25, 0.3) is 0 Å². The van der Waals surface area contributed by atoms with Gasteiger partial charge in [-0.1, -0.05) is 13.0 Å². The zero-order valence-electron chi connectivity index (χ0n) is 23.8. The Balaban J connectivity index is 1.12. The molecule has 1 aliphatic heterocycles. The molecule has 1 saturated heterocycles. The fraction of sp³-hybridized carbons (Fsp3) is 0.812. The summed E-state index contributed by atoms with van der Waals surface area (Å²) in [6.45, 7) is 8.97. The van der Waals surface area contributed by atoms with Crippen molar-refractivity contribution in [1.29, 1.82) is 0 Å². The zero-order valence-corrected chi connectivity index (χ0v) is 23.8. The first-order chi connectivity index (χ1) is 18.3. The summed E-state index contributed by atoms with van der Waals surface area (Å²) < 4.78 is 5.67. The second kappa shape index (κ2) is 10.4. The number of aromatic nitrogens is 1. The molecule has 1 amide bonds. The van der Waals surface area contributed by atoms with E-state index >= 15 is 0 Å². The number of hydrogen-bond acceptors (Lipinski definition) is 5. The van der Waals surface area contributed by atoms with Gasteiger partial charge >= 0.3 is 0 Å². The van der Waals surface area contributed by atoms with Gasteiger partial charge in [0.25, 0.3) is 0 Å². The van der Waals surface area contributed by atoms with Crippen molar-refractivity contribution in [1.82, 2.24) is 4.98 Å². The minimum Gasteiger partial charge on any atom is -0.387 e. The lowest BCUT2D eigenvalue weighted by Crippen LogP contribution is -2.52. The minimum atomic E-state index is -0.597. The maximum absolute atomic E-state index is 12.2. The van der Waals surface area contributed by atoms with E-state index in [4.69, 9.17) is 9.72 Å². The maximum Gasteiger partial charge on any atom is 0.228 e. The fourth-order valence-electron chi connectivity index (χ4n) is 10.1. The highest BCUT2D eigenvalue weighted by molar-refractivity contribution is 5.94. The largest absolute Gasteiger partial charge is 0.387 e. The van der Waals surface area contributed by atoms with Crippen LogP contribution in [0.15, 0.2) is 18.2 Å². The predicted octanol–water partition coefficient (Wildman–Crippen LogP) is 6.05. The molecule has 1 aromatic heterocycles. The van der Waals surface area contributed by atoms with Gasteiger partial charge in [-0.15, -0.1) is 0 Å². The lowest BCUT2D eigenvalue weighted by Gasteiger charge is -2.57. The third kappa shape index (κ3) is 4.68. The van der Waals surface area contributed by atoms with Crippen molar-refractivity contribution >= 4 is 17.5 Å². The van der Waals surface area contributed by atoms with Crippen LogP contribution in [0.2, 0.25) is 0 Å². The van der Waals surface area contributed by atoms with Crippen molar-refractivity contribution in [3.05, 3.63) is 18.2 Å². The van der Waals surface area contributed by atoms with Gasteiger partial charge in [-0.25, -0.2) is 4.98 Å². The van der Waals surface area contributed by atoms with Crippen molar-refractivity contribution in [2.24, 2.45) is 40.9 Å². The summed E-state index contributed by atoms with van der Waals surface area (Å²) in [7, 11) is 0. The van der Waals surface area contributed by atoms with Crippen molar-refractivity contribution in [3.8, 4) is 0 Å². The van der Waals surface area contributed by atoms with Crippen LogP contribution >= 0.6 is 0 Å². The highest BCUT2D eigenvalue weighted by atomic mass is 16.5. The first kappa shape index (κ1) is 26.6. The van der Waals surface area contributed by atoms with Crippen molar-refractivity contribution in [3.63, 3.8) is 0 Å². The topological polar surface area (TPSA) is 74.7 Å². The van der Waals surface area contributed by atoms with Crippen molar-refractivity contribution in [2.75, 3.05) is 30.0 Å². The number of rotatable bonds is 7. The van der Waals surface area contributed by atoms with E-state index in [0.717, 1.165) is 61.1 Å². The number of nitrogens with one attached hydrogen (secondary N) is 1. The molecule has 1 aromatic rings. The standard InChI is InChI=1S/C32H49N3O3/c1-4-38-20-32(37)17-15-23-22(19-32)10-11-25-24(23)14-16-31(3)26(12-13-27(25)31)21(2)33-28-7-5-8-29(34-28)35-18-6-9-30(35)36/h5,7-8,21-27,37H,4,6,9-20H2,1-3H3,(H,33,34)/t21-,22-,23+,24?,25-,26?,27?,31-,32-/m1/s1. The molecule has 0 radical (unpaired) electrons. The van der Waals surface area contributed by atoms with Gasteiger partial charge in [0.05, 0.1) is 12.2 Å². The van der Waals surface area contributed by atoms with Gasteiger partial charge in [0.2, 0.25) is 5.91 Å². The van der Waals surface area contributed by atoms with Gasteiger partial charge in [-0.3, -0.25) is 9.69 Å². The SMILES string of the molecule is CCOC[C@@]1(O)CC[C@@H]2C3CC[C@@]4(C)C(CCC4[C@@H](C)Nc4cccc(N5CCCC5=O)n4)[C@@H]3CC[C@@H]2C1. The number of amides is 1. The number of carbonyl (C=O) groups excluding carboxylic acids is 1. The molecule has 5 fully saturated rings. The van der Waals surface area contributed by atoms with Crippen LogP contribution in [0.4, 0.5) is 11.6 Å². The first-order valence-corrected chi connectivity index (χ1v) is 15.7. The second-order valence-electron chi connectivity index (χ2n) is 13.7. The summed E-state index contributed by atoms with van der Waals surface area (Å²) >= 11 is 0. The molecule has 0 bridgehead atoms. The van der Waals surface area contributed by atoms with Gasteiger partial charge in [0.15, 0.2) is 0 Å². The summed E-state index contributed by atoms with van der Waals surface area (Å²) in [6.07, 6.45) is 12.6. The maximum atomic E-state index is 12.2. The molecule has 9 atom stereocenters. The number of carbonyl (C=O) groups is 1. The number of anilines is 2. The molecule has 3 unspecified atom stereocenters. The number of aliphatic hydroxyl groups is 1. The highest BCUT2D eigenvalue weighted by Crippen LogP contribution is 2.65. The van der Waals surface area contributed by atoms with E-state index in [9.17, 15) is 9.90 Å². The molecule has 5 aliphatic rings. The van der Waals surface area contributed by atoms with Crippen LogP contribution in [-0.2, 0) is 9.53 Å². The summed E-state index contributed by atoms with van der Waals surface area (Å²) in [6, 6.07) is 6.42. The molecule has 6 nitrogen and oxygen atoms in total. The molecular formula is C32H49N3O3. The van der Waals surface area contributed by atoms with Crippen molar-refractivity contribution < 1.29 is 14.6 Å². The van der Waals surface area contributed by atoms with Crippen LogP contribution in [0.3, 0.4) is 0 Å². The van der Waals surface area contributed by atoms with Gasteiger partial charge in [0, 0.05) is 25.6 Å². The molecule has 4 saturated carbocycles. The number of nitrogens with zero attached hydrogens (tertiary/aromatic N) is 2. The number of hydrogen-bond donors (Lipinski definition) is 2. The van der Waals surface area contributed by atoms with E-state index in [1.54, 1.807) is 0 Å². The van der Waals surface area contributed by atoms with Crippen LogP contribution in [0, 0.1) is 40.9 Å². The molecule has 0 spiro atoms.